The zero-order valence-electron chi connectivity index (χ0n) is 11.4. The summed E-state index contributed by atoms with van der Waals surface area (Å²) in [6.07, 6.45) is 0. The first kappa shape index (κ1) is 13.9. The summed E-state index contributed by atoms with van der Waals surface area (Å²) >= 11 is 0. The largest absolute Gasteiger partial charge is 0.507 e. The van der Waals surface area contributed by atoms with E-state index in [9.17, 15) is 13.5 Å². The predicted octanol–water partition coefficient (Wildman–Crippen LogP) is 2.86. The van der Waals surface area contributed by atoms with Gasteiger partial charge in [0.15, 0.2) is 9.84 Å². The first-order valence-corrected chi connectivity index (χ1v) is 8.20. The second-order valence-electron chi connectivity index (χ2n) is 4.99. The van der Waals surface area contributed by atoms with E-state index in [0.717, 1.165) is 11.2 Å². The number of aromatic nitrogens is 1. The molecule has 0 amide bonds. The van der Waals surface area contributed by atoms with Crippen LogP contribution in [-0.2, 0) is 15.6 Å². The normalized spacial score (nSPS) is 12.4. The molecule has 0 radical (unpaired) electrons. The molecule has 5 heteroatoms. The van der Waals surface area contributed by atoms with Gasteiger partial charge in [0.05, 0.1) is 11.3 Å². The molecule has 0 saturated heterocycles. The summed E-state index contributed by atoms with van der Waals surface area (Å²) in [6, 6.07) is 7.20. The predicted molar refractivity (Wildman–Crippen MR) is 77.2 cm³/mol. The van der Waals surface area contributed by atoms with E-state index in [0.29, 0.717) is 5.39 Å². The number of nitrogens with zero attached hydrogens (tertiary/aromatic N) is 1. The summed E-state index contributed by atoms with van der Waals surface area (Å²) in [4.78, 5) is 0. The van der Waals surface area contributed by atoms with Gasteiger partial charge in [0, 0.05) is 22.9 Å². The molecule has 104 valence electrons. The lowest BCUT2D eigenvalue weighted by atomic mass is 10.2. The fourth-order valence-electron chi connectivity index (χ4n) is 2.34. The van der Waals surface area contributed by atoms with E-state index in [1.807, 2.05) is 24.5 Å². The summed E-state index contributed by atoms with van der Waals surface area (Å²) in [5.74, 6) is 0.320. The standard InChI is InChI=1S/C14H19NO3S/c1-4-19(17,18)9-11-8-12-13(15(11)10(2)3)6-5-7-14(12)16/h5-8,10,16H,4,9H2,1-3H3. The van der Waals surface area contributed by atoms with Crippen molar-refractivity contribution < 1.29 is 13.5 Å². The monoisotopic (exact) mass is 281 g/mol. The third kappa shape index (κ3) is 2.61. The maximum atomic E-state index is 11.8. The number of phenols is 1. The molecule has 1 heterocycles. The molecule has 1 aromatic carbocycles. The van der Waals surface area contributed by atoms with E-state index in [-0.39, 0.29) is 23.3 Å². The highest BCUT2D eigenvalue weighted by Gasteiger charge is 2.18. The first-order chi connectivity index (χ1) is 8.85. The van der Waals surface area contributed by atoms with Crippen molar-refractivity contribution in [2.75, 3.05) is 5.75 Å². The van der Waals surface area contributed by atoms with Crippen LogP contribution in [0.3, 0.4) is 0 Å². The van der Waals surface area contributed by atoms with Crippen molar-refractivity contribution in [1.82, 2.24) is 4.57 Å². The Morgan fingerprint density at radius 2 is 2.00 bits per heavy atom. The van der Waals surface area contributed by atoms with Crippen molar-refractivity contribution in [2.45, 2.75) is 32.6 Å². The molecule has 0 unspecified atom stereocenters. The Hall–Kier alpha value is -1.49. The Labute approximate surface area is 113 Å². The van der Waals surface area contributed by atoms with E-state index < -0.39 is 9.84 Å². The second-order valence-corrected chi connectivity index (χ2v) is 7.34. The molecule has 2 rings (SSSR count). The van der Waals surface area contributed by atoms with E-state index in [4.69, 9.17) is 0 Å². The fourth-order valence-corrected chi connectivity index (χ4v) is 3.22. The summed E-state index contributed by atoms with van der Waals surface area (Å²) in [7, 11) is -3.09. The first-order valence-electron chi connectivity index (χ1n) is 6.38. The van der Waals surface area contributed by atoms with Gasteiger partial charge in [-0.3, -0.25) is 0 Å². The third-order valence-corrected chi connectivity index (χ3v) is 4.88. The number of sulfone groups is 1. The van der Waals surface area contributed by atoms with Gasteiger partial charge in [0.2, 0.25) is 0 Å². The number of hydrogen-bond donors (Lipinski definition) is 1. The average molecular weight is 281 g/mol. The molecule has 4 nitrogen and oxygen atoms in total. The third-order valence-electron chi connectivity index (χ3n) is 3.26. The van der Waals surface area contributed by atoms with Gasteiger partial charge < -0.3 is 9.67 Å². The number of phenolic OH excluding ortho intramolecular Hbond substituents is 1. The van der Waals surface area contributed by atoms with Gasteiger partial charge in [-0.1, -0.05) is 13.0 Å². The van der Waals surface area contributed by atoms with Gasteiger partial charge >= 0.3 is 0 Å². The van der Waals surface area contributed by atoms with Crippen LogP contribution in [0.15, 0.2) is 24.3 Å². The molecule has 0 atom stereocenters. The number of aromatic hydroxyl groups is 1. The lowest BCUT2D eigenvalue weighted by Gasteiger charge is -2.14. The van der Waals surface area contributed by atoms with Gasteiger partial charge in [0.25, 0.3) is 0 Å². The molecule has 0 bridgehead atoms. The van der Waals surface area contributed by atoms with Gasteiger partial charge in [-0.2, -0.15) is 0 Å². The molecule has 2 aromatic rings. The Bertz CT molecular complexity index is 699. The Morgan fingerprint density at radius 3 is 2.58 bits per heavy atom. The minimum atomic E-state index is -3.09. The van der Waals surface area contributed by atoms with Gasteiger partial charge in [-0.05, 0) is 32.0 Å². The van der Waals surface area contributed by atoms with Crippen molar-refractivity contribution in [3.05, 3.63) is 30.0 Å². The summed E-state index contributed by atoms with van der Waals surface area (Å²) < 4.78 is 25.6. The molecular weight excluding hydrogens is 262 g/mol. The minimum absolute atomic E-state index is 0.00972. The lowest BCUT2D eigenvalue weighted by Crippen LogP contribution is -2.12. The van der Waals surface area contributed by atoms with Crippen LogP contribution in [0.25, 0.3) is 10.9 Å². The van der Waals surface area contributed by atoms with E-state index in [1.165, 1.54) is 0 Å². The molecule has 19 heavy (non-hydrogen) atoms. The number of fused-ring (bicyclic) bond motifs is 1. The molecule has 0 aliphatic carbocycles. The van der Waals surface area contributed by atoms with E-state index in [2.05, 4.69) is 0 Å². The van der Waals surface area contributed by atoms with E-state index >= 15 is 0 Å². The van der Waals surface area contributed by atoms with Crippen LogP contribution in [0.1, 0.15) is 32.5 Å². The van der Waals surface area contributed by atoms with Crippen molar-refractivity contribution in [2.24, 2.45) is 0 Å². The molecule has 0 saturated carbocycles. The number of benzene rings is 1. The zero-order chi connectivity index (χ0) is 14.2. The zero-order valence-corrected chi connectivity index (χ0v) is 12.2. The SMILES string of the molecule is CCS(=O)(=O)Cc1cc2c(O)cccc2n1C(C)C. The Balaban J connectivity index is 2.67. The molecule has 1 aromatic heterocycles. The Kier molecular flexibility index (Phi) is 3.58. The van der Waals surface area contributed by atoms with Crippen LogP contribution in [0.4, 0.5) is 0 Å². The van der Waals surface area contributed by atoms with Crippen molar-refractivity contribution in [3.63, 3.8) is 0 Å². The van der Waals surface area contributed by atoms with Crippen LogP contribution >= 0.6 is 0 Å². The highest BCUT2D eigenvalue weighted by molar-refractivity contribution is 7.90. The smallest absolute Gasteiger partial charge is 0.155 e. The highest BCUT2D eigenvalue weighted by Crippen LogP contribution is 2.31. The topological polar surface area (TPSA) is 59.3 Å². The quantitative estimate of drug-likeness (QED) is 0.937. The van der Waals surface area contributed by atoms with Gasteiger partial charge in [-0.15, -0.1) is 0 Å². The van der Waals surface area contributed by atoms with Crippen molar-refractivity contribution >= 4 is 20.7 Å². The van der Waals surface area contributed by atoms with E-state index in [1.54, 1.807) is 25.1 Å². The van der Waals surface area contributed by atoms with Crippen LogP contribution in [0.5, 0.6) is 5.75 Å². The molecule has 0 fully saturated rings. The minimum Gasteiger partial charge on any atom is -0.507 e. The molecule has 0 aliphatic rings. The van der Waals surface area contributed by atoms with Crippen molar-refractivity contribution in [3.8, 4) is 5.75 Å². The van der Waals surface area contributed by atoms with Crippen LogP contribution < -0.4 is 0 Å². The van der Waals surface area contributed by atoms with Crippen molar-refractivity contribution in [1.29, 1.82) is 0 Å². The van der Waals surface area contributed by atoms with Crippen LogP contribution in [0.2, 0.25) is 0 Å². The maximum Gasteiger partial charge on any atom is 0.155 e. The molecule has 0 spiro atoms. The van der Waals surface area contributed by atoms with Crippen LogP contribution in [-0.4, -0.2) is 23.8 Å². The molecular formula is C14H19NO3S. The maximum absolute atomic E-state index is 11.8. The summed E-state index contributed by atoms with van der Waals surface area (Å²) in [5.41, 5.74) is 1.60. The van der Waals surface area contributed by atoms with Crippen LogP contribution in [0, 0.1) is 0 Å². The Morgan fingerprint density at radius 1 is 1.32 bits per heavy atom. The summed E-state index contributed by atoms with van der Waals surface area (Å²) in [5, 5.41) is 10.6. The average Bonchev–Trinajstić information content (AvgIpc) is 2.68. The summed E-state index contributed by atoms with van der Waals surface area (Å²) in [6.45, 7) is 5.66. The number of rotatable bonds is 4. The number of hydrogen-bond acceptors (Lipinski definition) is 3. The second kappa shape index (κ2) is 4.89. The highest BCUT2D eigenvalue weighted by atomic mass is 32.2. The molecule has 0 aliphatic heterocycles. The van der Waals surface area contributed by atoms with Gasteiger partial charge in [0.1, 0.15) is 5.75 Å². The fraction of sp³-hybridized carbons (Fsp3) is 0.429. The molecule has 1 N–H and O–H groups in total. The lowest BCUT2D eigenvalue weighted by molar-refractivity contribution is 0.481. The van der Waals surface area contributed by atoms with Gasteiger partial charge in [-0.25, -0.2) is 8.42 Å².